The number of carbonyl (C=O) groups excluding carboxylic acids is 1. The standard InChI is InChI=1S/C13H16N4O2/c1-9-7-12(10(2)19-9)13(18)16-5-3-11(8-16)17-6-4-14-15-17/h4,6-7,11H,3,5,8H2,1-2H3. The zero-order chi connectivity index (χ0) is 13.4. The van der Waals surface area contributed by atoms with Gasteiger partial charge in [-0.1, -0.05) is 5.21 Å². The van der Waals surface area contributed by atoms with Gasteiger partial charge in [0.15, 0.2) is 0 Å². The molecule has 1 amide bonds. The molecule has 1 atom stereocenters. The number of nitrogens with zero attached hydrogens (tertiary/aromatic N) is 4. The number of hydrogen-bond donors (Lipinski definition) is 0. The SMILES string of the molecule is Cc1cc(C(=O)N2CCC(n3ccnn3)C2)c(C)o1. The van der Waals surface area contributed by atoms with Gasteiger partial charge in [0.2, 0.25) is 0 Å². The monoisotopic (exact) mass is 260 g/mol. The Morgan fingerprint density at radius 3 is 2.95 bits per heavy atom. The van der Waals surface area contributed by atoms with Crippen molar-refractivity contribution < 1.29 is 9.21 Å². The van der Waals surface area contributed by atoms with E-state index in [9.17, 15) is 4.79 Å². The van der Waals surface area contributed by atoms with E-state index in [1.807, 2.05) is 29.6 Å². The summed E-state index contributed by atoms with van der Waals surface area (Å²) in [4.78, 5) is 14.3. The van der Waals surface area contributed by atoms with Crippen molar-refractivity contribution in [2.45, 2.75) is 26.3 Å². The van der Waals surface area contributed by atoms with Gasteiger partial charge >= 0.3 is 0 Å². The summed E-state index contributed by atoms with van der Waals surface area (Å²) in [6.07, 6.45) is 4.41. The Morgan fingerprint density at radius 2 is 2.32 bits per heavy atom. The average Bonchev–Trinajstić information content (AvgIpc) is 3.06. The van der Waals surface area contributed by atoms with Crippen LogP contribution >= 0.6 is 0 Å². The number of likely N-dealkylation sites (tertiary alicyclic amines) is 1. The summed E-state index contributed by atoms with van der Waals surface area (Å²) in [5.41, 5.74) is 0.664. The van der Waals surface area contributed by atoms with Gasteiger partial charge in [-0.3, -0.25) is 4.79 Å². The first-order valence-corrected chi connectivity index (χ1v) is 6.37. The summed E-state index contributed by atoms with van der Waals surface area (Å²) < 4.78 is 7.24. The Bertz CT molecular complexity index is 588. The predicted molar refractivity (Wildman–Crippen MR) is 67.8 cm³/mol. The van der Waals surface area contributed by atoms with Gasteiger partial charge in [-0.15, -0.1) is 5.10 Å². The number of rotatable bonds is 2. The predicted octanol–water partition coefficient (Wildman–Crippen LogP) is 1.58. The molecule has 1 unspecified atom stereocenters. The summed E-state index contributed by atoms with van der Waals surface area (Å²) in [6.45, 7) is 5.09. The van der Waals surface area contributed by atoms with Crippen molar-refractivity contribution in [2.24, 2.45) is 0 Å². The van der Waals surface area contributed by atoms with Crippen LogP contribution in [-0.2, 0) is 0 Å². The lowest BCUT2D eigenvalue weighted by molar-refractivity contribution is 0.0785. The fraction of sp³-hybridized carbons (Fsp3) is 0.462. The van der Waals surface area contributed by atoms with E-state index in [0.717, 1.165) is 18.7 Å². The molecule has 1 saturated heterocycles. The van der Waals surface area contributed by atoms with Crippen molar-refractivity contribution in [3.05, 3.63) is 35.5 Å². The third kappa shape index (κ3) is 2.14. The largest absolute Gasteiger partial charge is 0.466 e. The minimum absolute atomic E-state index is 0.0389. The minimum atomic E-state index is 0.0389. The molecule has 3 heterocycles. The van der Waals surface area contributed by atoms with Gasteiger partial charge in [0, 0.05) is 19.3 Å². The van der Waals surface area contributed by atoms with E-state index in [1.54, 1.807) is 12.3 Å². The number of aromatic nitrogens is 3. The molecule has 1 aliphatic rings. The molecule has 100 valence electrons. The second-order valence-electron chi connectivity index (χ2n) is 4.90. The van der Waals surface area contributed by atoms with E-state index in [2.05, 4.69) is 10.3 Å². The average molecular weight is 260 g/mol. The summed E-state index contributed by atoms with van der Waals surface area (Å²) in [5, 5.41) is 7.80. The van der Waals surface area contributed by atoms with Crippen molar-refractivity contribution >= 4 is 5.91 Å². The molecule has 0 saturated carbocycles. The van der Waals surface area contributed by atoms with E-state index in [1.165, 1.54) is 0 Å². The maximum atomic E-state index is 12.4. The van der Waals surface area contributed by atoms with Gasteiger partial charge in [-0.05, 0) is 26.3 Å². The third-order valence-electron chi connectivity index (χ3n) is 3.54. The van der Waals surface area contributed by atoms with Crippen LogP contribution in [0.3, 0.4) is 0 Å². The molecular weight excluding hydrogens is 244 g/mol. The smallest absolute Gasteiger partial charge is 0.257 e. The molecule has 1 aliphatic heterocycles. The number of aryl methyl sites for hydroxylation is 2. The highest BCUT2D eigenvalue weighted by molar-refractivity contribution is 5.95. The van der Waals surface area contributed by atoms with Crippen molar-refractivity contribution in [3.63, 3.8) is 0 Å². The Labute approximate surface area is 111 Å². The Kier molecular flexibility index (Phi) is 2.85. The summed E-state index contributed by atoms with van der Waals surface area (Å²) in [5.74, 6) is 1.50. The number of furan rings is 1. The normalized spacial score (nSPS) is 19.1. The fourth-order valence-electron chi connectivity index (χ4n) is 2.57. The van der Waals surface area contributed by atoms with Crippen molar-refractivity contribution in [1.29, 1.82) is 0 Å². The van der Waals surface area contributed by atoms with Crippen LogP contribution in [0.25, 0.3) is 0 Å². The van der Waals surface area contributed by atoms with E-state index < -0.39 is 0 Å². The first-order valence-electron chi connectivity index (χ1n) is 6.37. The van der Waals surface area contributed by atoms with Crippen LogP contribution in [0.15, 0.2) is 22.9 Å². The van der Waals surface area contributed by atoms with Crippen LogP contribution in [0.4, 0.5) is 0 Å². The van der Waals surface area contributed by atoms with E-state index >= 15 is 0 Å². The van der Waals surface area contributed by atoms with Gasteiger partial charge < -0.3 is 9.32 Å². The quantitative estimate of drug-likeness (QED) is 0.822. The first kappa shape index (κ1) is 12.0. The number of hydrogen-bond acceptors (Lipinski definition) is 4. The lowest BCUT2D eigenvalue weighted by Gasteiger charge is -2.15. The number of amides is 1. The highest BCUT2D eigenvalue weighted by atomic mass is 16.3. The Hall–Kier alpha value is -2.11. The minimum Gasteiger partial charge on any atom is -0.466 e. The molecule has 0 aliphatic carbocycles. The van der Waals surface area contributed by atoms with Crippen LogP contribution < -0.4 is 0 Å². The molecular formula is C13H16N4O2. The molecule has 3 rings (SSSR count). The number of carbonyl (C=O) groups is 1. The van der Waals surface area contributed by atoms with Crippen molar-refractivity contribution in [3.8, 4) is 0 Å². The van der Waals surface area contributed by atoms with Crippen molar-refractivity contribution in [2.75, 3.05) is 13.1 Å². The van der Waals surface area contributed by atoms with Gasteiger partial charge in [-0.25, -0.2) is 4.68 Å². The topological polar surface area (TPSA) is 64.2 Å². The molecule has 1 fully saturated rings. The van der Waals surface area contributed by atoms with Crippen LogP contribution in [0, 0.1) is 13.8 Å². The van der Waals surface area contributed by atoms with Crippen LogP contribution in [0.1, 0.15) is 34.3 Å². The maximum absolute atomic E-state index is 12.4. The molecule has 0 N–H and O–H groups in total. The highest BCUT2D eigenvalue weighted by Gasteiger charge is 2.30. The second kappa shape index (κ2) is 4.53. The van der Waals surface area contributed by atoms with Crippen LogP contribution in [-0.4, -0.2) is 38.9 Å². The highest BCUT2D eigenvalue weighted by Crippen LogP contribution is 2.24. The van der Waals surface area contributed by atoms with Gasteiger partial charge in [-0.2, -0.15) is 0 Å². The maximum Gasteiger partial charge on any atom is 0.257 e. The molecule has 2 aromatic rings. The molecule has 0 spiro atoms. The molecule has 19 heavy (non-hydrogen) atoms. The molecule has 0 bridgehead atoms. The first-order chi connectivity index (χ1) is 9.15. The van der Waals surface area contributed by atoms with E-state index in [-0.39, 0.29) is 11.9 Å². The van der Waals surface area contributed by atoms with E-state index in [0.29, 0.717) is 17.9 Å². The molecule has 0 radical (unpaired) electrons. The van der Waals surface area contributed by atoms with Gasteiger partial charge in [0.05, 0.1) is 17.8 Å². The molecule has 6 nitrogen and oxygen atoms in total. The summed E-state index contributed by atoms with van der Waals surface area (Å²) in [6, 6.07) is 2.03. The lowest BCUT2D eigenvalue weighted by atomic mass is 10.2. The van der Waals surface area contributed by atoms with Crippen LogP contribution in [0.2, 0.25) is 0 Å². The van der Waals surface area contributed by atoms with Crippen molar-refractivity contribution in [1.82, 2.24) is 19.9 Å². The Balaban J connectivity index is 1.74. The lowest BCUT2D eigenvalue weighted by Crippen LogP contribution is -2.29. The van der Waals surface area contributed by atoms with Crippen LogP contribution in [0.5, 0.6) is 0 Å². The molecule has 6 heteroatoms. The molecule has 0 aromatic carbocycles. The van der Waals surface area contributed by atoms with E-state index in [4.69, 9.17) is 4.42 Å². The summed E-state index contributed by atoms with van der Waals surface area (Å²) in [7, 11) is 0. The second-order valence-corrected chi connectivity index (χ2v) is 4.90. The summed E-state index contributed by atoms with van der Waals surface area (Å²) >= 11 is 0. The molecule has 2 aromatic heterocycles. The zero-order valence-corrected chi connectivity index (χ0v) is 11.0. The Morgan fingerprint density at radius 1 is 1.47 bits per heavy atom. The zero-order valence-electron chi connectivity index (χ0n) is 11.0. The van der Waals surface area contributed by atoms with Gasteiger partial charge in [0.1, 0.15) is 11.5 Å². The fourth-order valence-corrected chi connectivity index (χ4v) is 2.57. The third-order valence-corrected chi connectivity index (χ3v) is 3.54. The van der Waals surface area contributed by atoms with Gasteiger partial charge in [0.25, 0.3) is 5.91 Å².